The number of hydrogen-bond donors (Lipinski definition) is 1. The maximum atomic E-state index is 11.7. The van der Waals surface area contributed by atoms with Crippen LogP contribution in [-0.4, -0.2) is 41.6 Å². The lowest BCUT2D eigenvalue weighted by Gasteiger charge is -2.15. The molecule has 5 nitrogen and oxygen atoms in total. The van der Waals surface area contributed by atoms with Crippen LogP contribution < -0.4 is 4.74 Å². The molecule has 1 saturated heterocycles. The van der Waals surface area contributed by atoms with E-state index in [1.807, 2.05) is 6.92 Å². The van der Waals surface area contributed by atoms with Gasteiger partial charge < -0.3 is 14.7 Å². The summed E-state index contributed by atoms with van der Waals surface area (Å²) in [6.45, 7) is 2.45. The molecule has 1 aromatic rings. The highest BCUT2D eigenvalue weighted by Crippen LogP contribution is 2.24. The van der Waals surface area contributed by atoms with Gasteiger partial charge in [-0.3, -0.25) is 4.79 Å². The van der Waals surface area contributed by atoms with Gasteiger partial charge in [0.2, 0.25) is 0 Å². The molecule has 1 N–H and O–H groups in total. The predicted molar refractivity (Wildman–Crippen MR) is 64.8 cm³/mol. The van der Waals surface area contributed by atoms with Gasteiger partial charge in [-0.05, 0) is 19.1 Å². The quantitative estimate of drug-likeness (QED) is 0.876. The van der Waals surface area contributed by atoms with E-state index in [4.69, 9.17) is 9.84 Å². The average Bonchev–Trinajstić information content (AvgIpc) is 2.63. The number of hydrogen-bond acceptors (Lipinski definition) is 3. The summed E-state index contributed by atoms with van der Waals surface area (Å²) < 4.78 is 5.53. The third-order valence-corrected chi connectivity index (χ3v) is 3.01. The Morgan fingerprint density at radius 2 is 2.22 bits per heavy atom. The molecule has 1 unspecified atom stereocenters. The number of carboxylic acids is 1. The number of carboxylic acid groups (broad SMARTS) is 1. The number of aryl methyl sites for hydroxylation is 1. The van der Waals surface area contributed by atoms with Crippen LogP contribution >= 0.6 is 0 Å². The summed E-state index contributed by atoms with van der Waals surface area (Å²) in [7, 11) is 1.71. The summed E-state index contributed by atoms with van der Waals surface area (Å²) in [4.78, 5) is 24.4. The first-order valence-corrected chi connectivity index (χ1v) is 5.74. The molecule has 18 heavy (non-hydrogen) atoms. The Bertz CT molecular complexity index is 498. The van der Waals surface area contributed by atoms with Crippen molar-refractivity contribution in [3.8, 4) is 5.75 Å². The number of carbonyl (C=O) groups is 2. The number of nitrogens with zero attached hydrogens (tertiary/aromatic N) is 1. The third kappa shape index (κ3) is 2.30. The first kappa shape index (κ1) is 12.4. The number of benzene rings is 1. The van der Waals surface area contributed by atoms with E-state index in [9.17, 15) is 9.59 Å². The predicted octanol–water partition coefficient (Wildman–Crippen LogP) is 1.30. The molecular weight excluding hydrogens is 234 g/mol. The van der Waals surface area contributed by atoms with Crippen molar-refractivity contribution in [3.63, 3.8) is 0 Å². The first-order chi connectivity index (χ1) is 8.49. The standard InChI is InChI=1S/C13H15NO4/c1-8-3-4-10(9(7-8)13(16)17)18-11-5-6-14(2)12(11)15/h3-4,7,11H,5-6H2,1-2H3,(H,16,17). The molecule has 1 heterocycles. The van der Waals surface area contributed by atoms with Crippen molar-refractivity contribution >= 4 is 11.9 Å². The van der Waals surface area contributed by atoms with Crippen LogP contribution in [0, 0.1) is 6.92 Å². The Morgan fingerprint density at radius 3 is 2.78 bits per heavy atom. The van der Waals surface area contributed by atoms with Crippen molar-refractivity contribution in [2.24, 2.45) is 0 Å². The zero-order valence-electron chi connectivity index (χ0n) is 10.3. The molecule has 1 fully saturated rings. The molecule has 2 rings (SSSR count). The third-order valence-electron chi connectivity index (χ3n) is 3.01. The summed E-state index contributed by atoms with van der Waals surface area (Å²) >= 11 is 0. The normalized spacial score (nSPS) is 19.1. The fourth-order valence-corrected chi connectivity index (χ4v) is 1.97. The molecule has 1 aliphatic heterocycles. The smallest absolute Gasteiger partial charge is 0.339 e. The van der Waals surface area contributed by atoms with Crippen LogP contribution in [0.15, 0.2) is 18.2 Å². The van der Waals surface area contributed by atoms with Gasteiger partial charge >= 0.3 is 5.97 Å². The molecule has 1 atom stereocenters. The lowest BCUT2D eigenvalue weighted by Crippen LogP contribution is -2.29. The van der Waals surface area contributed by atoms with Crippen LogP contribution in [0.1, 0.15) is 22.3 Å². The molecular formula is C13H15NO4. The van der Waals surface area contributed by atoms with Gasteiger partial charge in [0.15, 0.2) is 6.10 Å². The topological polar surface area (TPSA) is 66.8 Å². The van der Waals surface area contributed by atoms with Gasteiger partial charge in [0.1, 0.15) is 11.3 Å². The van der Waals surface area contributed by atoms with Crippen LogP contribution in [-0.2, 0) is 4.79 Å². The van der Waals surface area contributed by atoms with Crippen LogP contribution in [0.25, 0.3) is 0 Å². The van der Waals surface area contributed by atoms with Crippen LogP contribution in [0.5, 0.6) is 5.75 Å². The lowest BCUT2D eigenvalue weighted by atomic mass is 10.1. The van der Waals surface area contributed by atoms with E-state index >= 15 is 0 Å². The SMILES string of the molecule is Cc1ccc(OC2CCN(C)C2=O)c(C(=O)O)c1. The molecule has 0 aromatic heterocycles. The van der Waals surface area contributed by atoms with Crippen molar-refractivity contribution in [3.05, 3.63) is 29.3 Å². The number of ether oxygens (including phenoxy) is 1. The summed E-state index contributed by atoms with van der Waals surface area (Å²) in [6, 6.07) is 4.91. The molecule has 5 heteroatoms. The lowest BCUT2D eigenvalue weighted by molar-refractivity contribution is -0.132. The summed E-state index contributed by atoms with van der Waals surface area (Å²) in [5, 5.41) is 9.11. The van der Waals surface area contributed by atoms with E-state index in [1.165, 1.54) is 0 Å². The molecule has 0 radical (unpaired) electrons. The second kappa shape index (κ2) is 4.68. The van der Waals surface area contributed by atoms with Crippen LogP contribution in [0.4, 0.5) is 0 Å². The van der Waals surface area contributed by atoms with Gasteiger partial charge in [0, 0.05) is 20.0 Å². The molecule has 0 bridgehead atoms. The van der Waals surface area contributed by atoms with Crippen molar-refractivity contribution in [2.75, 3.05) is 13.6 Å². The van der Waals surface area contributed by atoms with Gasteiger partial charge in [-0.2, -0.15) is 0 Å². The van der Waals surface area contributed by atoms with Crippen molar-refractivity contribution < 1.29 is 19.4 Å². The van der Waals surface area contributed by atoms with E-state index in [1.54, 1.807) is 30.1 Å². The van der Waals surface area contributed by atoms with E-state index in [-0.39, 0.29) is 17.2 Å². The number of carbonyl (C=O) groups excluding carboxylic acids is 1. The fourth-order valence-electron chi connectivity index (χ4n) is 1.97. The highest BCUT2D eigenvalue weighted by molar-refractivity contribution is 5.91. The number of amides is 1. The molecule has 96 valence electrons. The highest BCUT2D eigenvalue weighted by atomic mass is 16.5. The largest absolute Gasteiger partial charge is 0.480 e. The maximum absolute atomic E-state index is 11.7. The van der Waals surface area contributed by atoms with E-state index < -0.39 is 12.1 Å². The minimum Gasteiger partial charge on any atom is -0.480 e. The Balaban J connectivity index is 2.24. The van der Waals surface area contributed by atoms with Gasteiger partial charge in [-0.15, -0.1) is 0 Å². The second-order valence-electron chi connectivity index (χ2n) is 4.46. The molecule has 1 aromatic carbocycles. The summed E-state index contributed by atoms with van der Waals surface area (Å²) in [6.07, 6.45) is 0.0123. The molecule has 0 aliphatic carbocycles. The van der Waals surface area contributed by atoms with Gasteiger partial charge in [-0.1, -0.05) is 11.6 Å². The fraction of sp³-hybridized carbons (Fsp3) is 0.385. The Morgan fingerprint density at radius 1 is 1.50 bits per heavy atom. The van der Waals surface area contributed by atoms with E-state index in [0.29, 0.717) is 13.0 Å². The molecule has 0 spiro atoms. The molecule has 0 saturated carbocycles. The number of likely N-dealkylation sites (tertiary alicyclic amines) is 1. The van der Waals surface area contributed by atoms with E-state index in [0.717, 1.165) is 5.56 Å². The highest BCUT2D eigenvalue weighted by Gasteiger charge is 2.31. The van der Waals surface area contributed by atoms with Crippen molar-refractivity contribution in [1.82, 2.24) is 4.90 Å². The summed E-state index contributed by atoms with van der Waals surface area (Å²) in [5.74, 6) is -0.902. The van der Waals surface area contributed by atoms with Crippen molar-refractivity contribution in [2.45, 2.75) is 19.4 Å². The minimum absolute atomic E-state index is 0.0948. The molecule has 1 amide bonds. The van der Waals surface area contributed by atoms with Crippen LogP contribution in [0.3, 0.4) is 0 Å². The monoisotopic (exact) mass is 249 g/mol. The zero-order chi connectivity index (χ0) is 13.3. The van der Waals surface area contributed by atoms with Crippen molar-refractivity contribution in [1.29, 1.82) is 0 Å². The molecule has 1 aliphatic rings. The second-order valence-corrected chi connectivity index (χ2v) is 4.46. The summed E-state index contributed by atoms with van der Waals surface area (Å²) in [5.41, 5.74) is 0.937. The van der Waals surface area contributed by atoms with Crippen LogP contribution in [0.2, 0.25) is 0 Å². The number of likely N-dealkylation sites (N-methyl/N-ethyl adjacent to an activating group) is 1. The first-order valence-electron chi connectivity index (χ1n) is 5.74. The van der Waals surface area contributed by atoms with Gasteiger partial charge in [0.05, 0.1) is 0 Å². The average molecular weight is 249 g/mol. The zero-order valence-corrected chi connectivity index (χ0v) is 10.3. The Hall–Kier alpha value is -2.04. The number of aromatic carboxylic acids is 1. The van der Waals surface area contributed by atoms with E-state index in [2.05, 4.69) is 0 Å². The Labute approximate surface area is 105 Å². The Kier molecular flexibility index (Phi) is 3.23. The minimum atomic E-state index is -1.05. The number of rotatable bonds is 3. The van der Waals surface area contributed by atoms with Gasteiger partial charge in [0.25, 0.3) is 5.91 Å². The van der Waals surface area contributed by atoms with Gasteiger partial charge in [-0.25, -0.2) is 4.79 Å². The maximum Gasteiger partial charge on any atom is 0.339 e.